The van der Waals surface area contributed by atoms with E-state index in [1.165, 1.54) is 24.9 Å². The molecule has 1 unspecified atom stereocenters. The van der Waals surface area contributed by atoms with E-state index in [9.17, 15) is 4.79 Å². The fraction of sp³-hybridized carbons (Fsp3) is 0.708. The van der Waals surface area contributed by atoms with Crippen molar-refractivity contribution in [2.45, 2.75) is 52.4 Å². The van der Waals surface area contributed by atoms with Gasteiger partial charge in [0, 0.05) is 58.4 Å². The minimum Gasteiger partial charge on any atom is -0.371 e. The van der Waals surface area contributed by atoms with Gasteiger partial charge in [-0.25, -0.2) is 4.99 Å². The summed E-state index contributed by atoms with van der Waals surface area (Å²) < 4.78 is 0. The largest absolute Gasteiger partial charge is 0.371 e. The maximum absolute atomic E-state index is 12.0. The summed E-state index contributed by atoms with van der Waals surface area (Å²) in [6, 6.07) is 4.16. The van der Waals surface area contributed by atoms with Crippen molar-refractivity contribution in [1.29, 1.82) is 0 Å². The molecule has 1 aliphatic rings. The average Bonchev–Trinajstić information content (AvgIpc) is 2.80. The predicted molar refractivity (Wildman–Crippen MR) is 129 cm³/mol. The number of hydrogen-bond donors (Lipinski definition) is 2. The molecule has 1 atom stereocenters. The third-order valence-electron chi connectivity index (χ3n) is 6.17. The van der Waals surface area contributed by atoms with Gasteiger partial charge in [-0.2, -0.15) is 0 Å². The Kier molecular flexibility index (Phi) is 11.2. The lowest BCUT2D eigenvalue weighted by Crippen LogP contribution is -2.44. The van der Waals surface area contributed by atoms with Crippen LogP contribution in [-0.4, -0.2) is 68.6 Å². The van der Waals surface area contributed by atoms with E-state index < -0.39 is 0 Å². The first-order valence-electron chi connectivity index (χ1n) is 11.9. The van der Waals surface area contributed by atoms with Gasteiger partial charge >= 0.3 is 0 Å². The van der Waals surface area contributed by atoms with E-state index in [2.05, 4.69) is 51.5 Å². The predicted octanol–water partition coefficient (Wildman–Crippen LogP) is 3.14. The molecule has 1 fully saturated rings. The van der Waals surface area contributed by atoms with Crippen LogP contribution in [0, 0.1) is 11.8 Å². The number of aliphatic imine (C=N–C) groups is 1. The van der Waals surface area contributed by atoms with E-state index in [-0.39, 0.29) is 12.5 Å². The summed E-state index contributed by atoms with van der Waals surface area (Å²) >= 11 is 0. The van der Waals surface area contributed by atoms with Crippen LogP contribution in [0.1, 0.15) is 52.4 Å². The number of nitrogens with zero attached hydrogens (tertiary/aromatic N) is 4. The third-order valence-corrected chi connectivity index (χ3v) is 6.17. The molecule has 0 aromatic carbocycles. The number of pyridine rings is 1. The Morgan fingerprint density at radius 1 is 1.23 bits per heavy atom. The molecule has 2 heterocycles. The minimum atomic E-state index is 0.0183. The lowest BCUT2D eigenvalue weighted by molar-refractivity contribution is -0.127. The van der Waals surface area contributed by atoms with Gasteiger partial charge in [0.05, 0.1) is 0 Å². The summed E-state index contributed by atoms with van der Waals surface area (Å²) in [7, 11) is 3.54. The maximum Gasteiger partial charge on any atom is 0.243 e. The van der Waals surface area contributed by atoms with E-state index in [0.717, 1.165) is 51.4 Å². The lowest BCUT2D eigenvalue weighted by atomic mass is 9.96. The second kappa shape index (κ2) is 13.9. The maximum atomic E-state index is 12.0. The molecule has 7 heteroatoms. The van der Waals surface area contributed by atoms with Crippen LogP contribution in [0.3, 0.4) is 0 Å². The molecule has 1 amide bonds. The number of piperidine rings is 1. The zero-order valence-electron chi connectivity index (χ0n) is 19.9. The number of likely N-dealkylation sites (N-methyl/N-ethyl adjacent to an activating group) is 1. The van der Waals surface area contributed by atoms with Gasteiger partial charge in [-0.3, -0.25) is 9.78 Å². The quantitative estimate of drug-likeness (QED) is 0.417. The number of aromatic nitrogens is 1. The van der Waals surface area contributed by atoms with Gasteiger partial charge in [-0.15, -0.1) is 0 Å². The molecule has 0 saturated carbocycles. The molecule has 1 aliphatic heterocycles. The first-order valence-corrected chi connectivity index (χ1v) is 11.9. The van der Waals surface area contributed by atoms with Crippen LogP contribution < -0.4 is 15.5 Å². The molecular weight excluding hydrogens is 388 g/mol. The Morgan fingerprint density at radius 2 is 1.94 bits per heavy atom. The number of rotatable bonds is 11. The minimum absolute atomic E-state index is 0.0183. The van der Waals surface area contributed by atoms with Gasteiger partial charge in [0.2, 0.25) is 5.91 Å². The molecule has 31 heavy (non-hydrogen) atoms. The van der Waals surface area contributed by atoms with Gasteiger partial charge in [-0.1, -0.05) is 33.1 Å². The summed E-state index contributed by atoms with van der Waals surface area (Å²) in [5, 5.41) is 7.01. The molecule has 7 nitrogen and oxygen atoms in total. The van der Waals surface area contributed by atoms with Gasteiger partial charge in [0.1, 0.15) is 6.54 Å². The second-order valence-electron chi connectivity index (χ2n) is 8.77. The van der Waals surface area contributed by atoms with E-state index in [1.807, 2.05) is 12.4 Å². The summed E-state index contributed by atoms with van der Waals surface area (Å²) in [6.07, 6.45) is 10.9. The van der Waals surface area contributed by atoms with E-state index in [0.29, 0.717) is 11.8 Å². The van der Waals surface area contributed by atoms with E-state index >= 15 is 0 Å². The molecule has 2 N–H and O–H groups in total. The normalized spacial score (nSPS) is 16.1. The first-order chi connectivity index (χ1) is 15.0. The number of guanidine groups is 1. The van der Waals surface area contributed by atoms with Gasteiger partial charge in [-0.05, 0) is 43.2 Å². The first kappa shape index (κ1) is 25.0. The molecule has 1 saturated heterocycles. The fourth-order valence-corrected chi connectivity index (χ4v) is 3.84. The van der Waals surface area contributed by atoms with Crippen molar-refractivity contribution >= 4 is 17.6 Å². The second-order valence-corrected chi connectivity index (χ2v) is 8.77. The zero-order valence-corrected chi connectivity index (χ0v) is 19.9. The highest BCUT2D eigenvalue weighted by Gasteiger charge is 2.20. The number of carbonyl (C=O) groups is 1. The smallest absolute Gasteiger partial charge is 0.243 e. The van der Waals surface area contributed by atoms with Crippen molar-refractivity contribution in [3.63, 3.8) is 0 Å². The molecule has 0 radical (unpaired) electrons. The standard InChI is InChI=1S/C24H42N6O/c1-5-7-8-20(6-2)17-26-24(28-19-23(31)29(3)4)27-18-21-11-15-30(16-12-21)22-9-13-25-14-10-22/h9-10,13-14,20-21H,5-8,11-12,15-19H2,1-4H3,(H2,26,27,28). The third kappa shape index (κ3) is 9.15. The topological polar surface area (TPSA) is 72.9 Å². The Morgan fingerprint density at radius 3 is 2.55 bits per heavy atom. The Hall–Kier alpha value is -2.31. The number of amides is 1. The summed E-state index contributed by atoms with van der Waals surface area (Å²) in [5.74, 6) is 2.03. The highest BCUT2D eigenvalue weighted by Crippen LogP contribution is 2.22. The SMILES string of the molecule is CCCCC(CC)CNC(=NCC(=O)N(C)C)NCC1CCN(c2ccncc2)CC1. The molecular formula is C24H42N6O. The van der Waals surface area contributed by atoms with Gasteiger partial charge < -0.3 is 20.4 Å². The Labute approximate surface area is 188 Å². The molecule has 0 aliphatic carbocycles. The van der Waals surface area contributed by atoms with Crippen molar-refractivity contribution in [2.75, 3.05) is 51.7 Å². The number of carbonyl (C=O) groups excluding carboxylic acids is 1. The molecule has 174 valence electrons. The van der Waals surface area contributed by atoms with Crippen molar-refractivity contribution in [1.82, 2.24) is 20.5 Å². The summed E-state index contributed by atoms with van der Waals surface area (Å²) in [4.78, 5) is 24.7. The number of unbranched alkanes of at least 4 members (excludes halogenated alkanes) is 1. The molecule has 2 rings (SSSR count). The van der Waals surface area contributed by atoms with Crippen LogP contribution in [-0.2, 0) is 4.79 Å². The van der Waals surface area contributed by atoms with Crippen molar-refractivity contribution < 1.29 is 4.79 Å². The molecule has 1 aromatic rings. The fourth-order valence-electron chi connectivity index (χ4n) is 3.84. The lowest BCUT2D eigenvalue weighted by Gasteiger charge is -2.33. The average molecular weight is 431 g/mol. The number of anilines is 1. The monoisotopic (exact) mass is 430 g/mol. The van der Waals surface area contributed by atoms with Gasteiger partial charge in [0.25, 0.3) is 0 Å². The number of nitrogens with one attached hydrogen (secondary N) is 2. The van der Waals surface area contributed by atoms with E-state index in [1.54, 1.807) is 19.0 Å². The van der Waals surface area contributed by atoms with Crippen molar-refractivity contribution in [3.05, 3.63) is 24.5 Å². The van der Waals surface area contributed by atoms with Crippen LogP contribution in [0.25, 0.3) is 0 Å². The number of hydrogen-bond acceptors (Lipinski definition) is 4. The van der Waals surface area contributed by atoms with E-state index in [4.69, 9.17) is 0 Å². The van der Waals surface area contributed by atoms with Crippen LogP contribution >= 0.6 is 0 Å². The summed E-state index contributed by atoms with van der Waals surface area (Å²) in [5.41, 5.74) is 1.25. The van der Waals surface area contributed by atoms with Crippen LogP contribution in [0.2, 0.25) is 0 Å². The molecule has 0 bridgehead atoms. The van der Waals surface area contributed by atoms with Crippen LogP contribution in [0.5, 0.6) is 0 Å². The van der Waals surface area contributed by atoms with Crippen LogP contribution in [0.4, 0.5) is 5.69 Å². The highest BCUT2D eigenvalue weighted by molar-refractivity contribution is 5.84. The van der Waals surface area contributed by atoms with Crippen molar-refractivity contribution in [2.24, 2.45) is 16.8 Å². The highest BCUT2D eigenvalue weighted by atomic mass is 16.2. The Bertz CT molecular complexity index is 655. The Balaban J connectivity index is 1.85. The molecule has 1 aromatic heterocycles. The summed E-state index contributed by atoms with van der Waals surface area (Å²) in [6.45, 7) is 8.57. The molecule has 0 spiro atoms. The van der Waals surface area contributed by atoms with Gasteiger partial charge in [0.15, 0.2) is 5.96 Å². The van der Waals surface area contributed by atoms with Crippen molar-refractivity contribution in [3.8, 4) is 0 Å². The van der Waals surface area contributed by atoms with Crippen LogP contribution in [0.15, 0.2) is 29.5 Å². The zero-order chi connectivity index (χ0) is 22.5.